The Balaban J connectivity index is 1.75. The number of nitrogens with one attached hydrogen (secondary N) is 1. The summed E-state index contributed by atoms with van der Waals surface area (Å²) in [6, 6.07) is 15.8. The number of fused-ring (bicyclic) bond motifs is 1. The Hall–Kier alpha value is -2.42. The van der Waals surface area contributed by atoms with Crippen molar-refractivity contribution in [2.75, 3.05) is 7.11 Å². The molecule has 2 heterocycles. The van der Waals surface area contributed by atoms with Gasteiger partial charge >= 0.3 is 0 Å². The topological polar surface area (TPSA) is 59.9 Å². The summed E-state index contributed by atoms with van der Waals surface area (Å²) in [5.41, 5.74) is 3.54. The highest BCUT2D eigenvalue weighted by Crippen LogP contribution is 2.27. The van der Waals surface area contributed by atoms with E-state index in [9.17, 15) is 4.79 Å². The minimum atomic E-state index is -0.165. The van der Waals surface area contributed by atoms with Gasteiger partial charge in [0.25, 0.3) is 5.56 Å². The lowest BCUT2D eigenvalue weighted by Crippen LogP contribution is -2.09. The van der Waals surface area contributed by atoms with E-state index in [1.54, 1.807) is 7.11 Å². The molecule has 0 atom stereocenters. The number of aryl methyl sites for hydroxylation is 1. The Bertz CT molecular complexity index is 1270. The van der Waals surface area contributed by atoms with E-state index < -0.39 is 0 Å². The van der Waals surface area contributed by atoms with Crippen molar-refractivity contribution in [3.63, 3.8) is 0 Å². The molecular weight excluding hydrogens is 410 g/mol. The van der Waals surface area contributed by atoms with E-state index in [0.29, 0.717) is 25.2 Å². The first-order valence-electron chi connectivity index (χ1n) is 8.54. The van der Waals surface area contributed by atoms with Crippen LogP contribution in [0, 0.1) is 10.9 Å². The van der Waals surface area contributed by atoms with Crippen LogP contribution >= 0.6 is 35.3 Å². The number of hydrogen-bond donors (Lipinski definition) is 1. The Labute approximate surface area is 175 Å². The highest BCUT2D eigenvalue weighted by Gasteiger charge is 2.15. The highest BCUT2D eigenvalue weighted by atomic mass is 32.2. The molecule has 0 unspecified atom stereocenters. The van der Waals surface area contributed by atoms with E-state index in [1.165, 1.54) is 23.1 Å². The number of rotatable bonds is 5. The van der Waals surface area contributed by atoms with Crippen molar-refractivity contribution in [3.05, 3.63) is 74.0 Å². The zero-order valence-corrected chi connectivity index (χ0v) is 17.7. The number of methoxy groups -OCH3 is 1. The first-order chi connectivity index (χ1) is 13.6. The van der Waals surface area contributed by atoms with Gasteiger partial charge in [-0.05, 0) is 48.5 Å². The maximum absolute atomic E-state index is 12.6. The quantitative estimate of drug-likeness (QED) is 0.272. The predicted octanol–water partition coefficient (Wildman–Crippen LogP) is 5.11. The third-order valence-corrected chi connectivity index (χ3v) is 6.59. The number of thioether (sulfide) groups is 1. The lowest BCUT2D eigenvalue weighted by Gasteiger charge is -2.08. The van der Waals surface area contributed by atoms with Crippen molar-refractivity contribution in [2.24, 2.45) is 0 Å². The van der Waals surface area contributed by atoms with E-state index in [4.69, 9.17) is 21.9 Å². The summed E-state index contributed by atoms with van der Waals surface area (Å²) in [4.78, 5) is 20.2. The van der Waals surface area contributed by atoms with E-state index >= 15 is 0 Å². The Morgan fingerprint density at radius 2 is 2.07 bits per heavy atom. The van der Waals surface area contributed by atoms with Gasteiger partial charge in [0.1, 0.15) is 10.4 Å². The van der Waals surface area contributed by atoms with Crippen molar-refractivity contribution in [1.82, 2.24) is 14.5 Å². The number of nitrogens with zero attached hydrogens (tertiary/aromatic N) is 2. The number of benzene rings is 2. The van der Waals surface area contributed by atoms with Crippen molar-refractivity contribution >= 4 is 45.7 Å². The molecule has 0 saturated carbocycles. The van der Waals surface area contributed by atoms with Gasteiger partial charge in [-0.3, -0.25) is 9.36 Å². The number of aromatic nitrogens is 3. The van der Waals surface area contributed by atoms with Crippen LogP contribution in [0.5, 0.6) is 5.75 Å². The lowest BCUT2D eigenvalue weighted by molar-refractivity contribution is 0.414. The monoisotopic (exact) mass is 427 g/mol. The smallest absolute Gasteiger partial charge is 0.271 e. The second-order valence-electron chi connectivity index (χ2n) is 6.15. The fourth-order valence-electron chi connectivity index (χ4n) is 2.90. The van der Waals surface area contributed by atoms with Gasteiger partial charge in [0, 0.05) is 5.75 Å². The van der Waals surface area contributed by atoms with Crippen LogP contribution in [0.3, 0.4) is 0 Å². The summed E-state index contributed by atoms with van der Waals surface area (Å²) in [5, 5.41) is 0.565. The maximum atomic E-state index is 12.6. The third-order valence-electron chi connectivity index (χ3n) is 4.29. The van der Waals surface area contributed by atoms with Crippen LogP contribution in [0.2, 0.25) is 0 Å². The van der Waals surface area contributed by atoms with E-state index in [2.05, 4.69) is 4.98 Å². The normalized spacial score (nSPS) is 11.1. The minimum Gasteiger partial charge on any atom is -0.497 e. The second kappa shape index (κ2) is 7.90. The molecule has 8 heteroatoms. The predicted molar refractivity (Wildman–Crippen MR) is 118 cm³/mol. The van der Waals surface area contributed by atoms with E-state index in [-0.39, 0.29) is 5.56 Å². The SMILES string of the molecule is COc1cccc(CSc2nc3c(sc(=S)n3-c3ccccc3C)c(=O)[nH]2)c1. The van der Waals surface area contributed by atoms with Gasteiger partial charge in [0.2, 0.25) is 0 Å². The van der Waals surface area contributed by atoms with Crippen LogP contribution in [-0.4, -0.2) is 21.6 Å². The molecule has 0 aliphatic heterocycles. The molecule has 0 fully saturated rings. The van der Waals surface area contributed by atoms with E-state index in [0.717, 1.165) is 22.6 Å². The average molecular weight is 428 g/mol. The van der Waals surface area contributed by atoms with Crippen LogP contribution in [0.25, 0.3) is 16.0 Å². The standard InChI is InChI=1S/C20H17N3O2S3/c1-12-6-3-4-9-15(12)23-17-16(28-20(23)26)18(24)22-19(21-17)27-11-13-7-5-8-14(10-13)25-2/h3-10H,11H2,1-2H3,(H,21,22,24). The van der Waals surface area contributed by atoms with Gasteiger partial charge in [-0.1, -0.05) is 53.4 Å². The van der Waals surface area contributed by atoms with Crippen molar-refractivity contribution in [2.45, 2.75) is 17.8 Å². The summed E-state index contributed by atoms with van der Waals surface area (Å²) in [5.74, 6) is 1.47. The second-order valence-corrected chi connectivity index (χ2v) is 8.76. The molecule has 0 radical (unpaired) electrons. The van der Waals surface area contributed by atoms with Gasteiger partial charge in [0.15, 0.2) is 14.8 Å². The molecule has 4 rings (SSSR count). The van der Waals surface area contributed by atoms with Gasteiger partial charge in [0.05, 0.1) is 12.8 Å². The minimum absolute atomic E-state index is 0.165. The first kappa shape index (κ1) is 18.9. The third kappa shape index (κ3) is 3.63. The molecular formula is C20H17N3O2S3. The fraction of sp³-hybridized carbons (Fsp3) is 0.150. The number of ether oxygens (including phenoxy) is 1. The number of thiazole rings is 1. The molecule has 4 aromatic rings. The molecule has 5 nitrogen and oxygen atoms in total. The summed E-state index contributed by atoms with van der Waals surface area (Å²) >= 11 is 8.29. The van der Waals surface area contributed by atoms with Gasteiger partial charge in [-0.2, -0.15) is 0 Å². The van der Waals surface area contributed by atoms with Crippen LogP contribution in [0.15, 0.2) is 58.5 Å². The largest absolute Gasteiger partial charge is 0.497 e. The lowest BCUT2D eigenvalue weighted by atomic mass is 10.2. The molecule has 0 saturated heterocycles. The Morgan fingerprint density at radius 1 is 1.25 bits per heavy atom. The number of hydrogen-bond acceptors (Lipinski definition) is 6. The number of para-hydroxylation sites is 1. The highest BCUT2D eigenvalue weighted by molar-refractivity contribution is 7.98. The summed E-state index contributed by atoms with van der Waals surface area (Å²) in [7, 11) is 1.65. The van der Waals surface area contributed by atoms with Crippen molar-refractivity contribution in [1.29, 1.82) is 0 Å². The first-order valence-corrected chi connectivity index (χ1v) is 10.8. The summed E-state index contributed by atoms with van der Waals surface area (Å²) < 4.78 is 8.30. The number of H-pyrrole nitrogens is 1. The average Bonchev–Trinajstić information content (AvgIpc) is 3.03. The molecule has 1 N–H and O–H groups in total. The Morgan fingerprint density at radius 3 is 2.86 bits per heavy atom. The zero-order valence-electron chi connectivity index (χ0n) is 15.3. The van der Waals surface area contributed by atoms with Crippen LogP contribution in [-0.2, 0) is 5.75 Å². The molecule has 2 aromatic carbocycles. The summed E-state index contributed by atoms with van der Waals surface area (Å²) in [6.45, 7) is 2.02. The molecule has 0 aliphatic rings. The zero-order chi connectivity index (χ0) is 19.7. The summed E-state index contributed by atoms with van der Waals surface area (Å²) in [6.07, 6.45) is 0. The molecule has 0 bridgehead atoms. The maximum Gasteiger partial charge on any atom is 0.271 e. The molecule has 0 amide bonds. The van der Waals surface area contributed by atoms with Crippen LogP contribution in [0.4, 0.5) is 0 Å². The molecule has 0 aliphatic carbocycles. The van der Waals surface area contributed by atoms with Crippen molar-refractivity contribution < 1.29 is 4.74 Å². The fourth-order valence-corrected chi connectivity index (χ4v) is 4.96. The van der Waals surface area contributed by atoms with Crippen molar-refractivity contribution in [3.8, 4) is 11.4 Å². The van der Waals surface area contributed by atoms with Gasteiger partial charge in [-0.15, -0.1) is 0 Å². The van der Waals surface area contributed by atoms with Gasteiger partial charge in [-0.25, -0.2) is 4.98 Å². The molecule has 28 heavy (non-hydrogen) atoms. The molecule has 0 spiro atoms. The van der Waals surface area contributed by atoms with Crippen LogP contribution in [0.1, 0.15) is 11.1 Å². The molecule has 142 valence electrons. The number of aromatic amines is 1. The van der Waals surface area contributed by atoms with Gasteiger partial charge < -0.3 is 9.72 Å². The van der Waals surface area contributed by atoms with E-state index in [1.807, 2.05) is 60.0 Å². The Kier molecular flexibility index (Phi) is 5.34. The molecule has 2 aromatic heterocycles. The van der Waals surface area contributed by atoms with Crippen LogP contribution < -0.4 is 10.3 Å².